The van der Waals surface area contributed by atoms with Crippen molar-refractivity contribution in [3.05, 3.63) is 53.9 Å². The molecular weight excluding hydrogens is 418 g/mol. The Kier molecular flexibility index (Phi) is 5.97. The van der Waals surface area contributed by atoms with Gasteiger partial charge in [-0.2, -0.15) is 4.31 Å². The van der Waals surface area contributed by atoms with Gasteiger partial charge in [0.2, 0.25) is 21.8 Å². The van der Waals surface area contributed by atoms with Crippen molar-refractivity contribution in [3.8, 4) is 23.0 Å². The second kappa shape index (κ2) is 8.68. The summed E-state index contributed by atoms with van der Waals surface area (Å²) in [6.07, 6.45) is 1.49. The first-order chi connectivity index (χ1) is 14.9. The van der Waals surface area contributed by atoms with Gasteiger partial charge in [-0.1, -0.05) is 18.2 Å². The molecule has 8 nitrogen and oxygen atoms in total. The van der Waals surface area contributed by atoms with Crippen molar-refractivity contribution in [2.24, 2.45) is 0 Å². The number of piperidine rings is 1. The van der Waals surface area contributed by atoms with Gasteiger partial charge in [0, 0.05) is 24.7 Å². The van der Waals surface area contributed by atoms with Crippen molar-refractivity contribution >= 4 is 10.0 Å². The Hall–Kier alpha value is -2.91. The van der Waals surface area contributed by atoms with E-state index in [-0.39, 0.29) is 17.4 Å². The quantitative estimate of drug-likeness (QED) is 0.574. The van der Waals surface area contributed by atoms with E-state index in [4.69, 9.17) is 13.9 Å². The summed E-state index contributed by atoms with van der Waals surface area (Å²) in [7, 11) is -0.715. The SMILES string of the molecule is COc1ccc(S(=O)(=O)N2CCC[C@H](c3nnc(-c4ccccc4C)o3)C2)cc1OC. The standard InChI is InChI=1S/C22H25N3O5S/c1-15-7-4-5-9-18(15)22-24-23-21(30-22)16-8-6-12-25(14-16)31(26,27)17-10-11-19(28-2)20(13-17)29-3/h4-5,7,9-11,13,16H,6,8,12,14H2,1-3H3/t16-/m0/s1. The number of aryl methyl sites for hydroxylation is 1. The molecule has 1 aliphatic rings. The van der Waals surface area contributed by atoms with E-state index in [1.54, 1.807) is 6.07 Å². The zero-order valence-corrected chi connectivity index (χ0v) is 18.6. The molecule has 31 heavy (non-hydrogen) atoms. The fourth-order valence-electron chi connectivity index (χ4n) is 3.81. The lowest BCUT2D eigenvalue weighted by Gasteiger charge is -2.30. The van der Waals surface area contributed by atoms with Gasteiger partial charge in [-0.3, -0.25) is 0 Å². The molecule has 2 heterocycles. The van der Waals surface area contributed by atoms with Crippen LogP contribution < -0.4 is 9.47 Å². The number of ether oxygens (including phenoxy) is 2. The van der Waals surface area contributed by atoms with Gasteiger partial charge >= 0.3 is 0 Å². The van der Waals surface area contributed by atoms with Crippen LogP contribution in [0.2, 0.25) is 0 Å². The molecule has 0 aliphatic carbocycles. The van der Waals surface area contributed by atoms with Gasteiger partial charge in [0.15, 0.2) is 11.5 Å². The molecule has 0 N–H and O–H groups in total. The summed E-state index contributed by atoms with van der Waals surface area (Å²) < 4.78 is 44.4. The lowest BCUT2D eigenvalue weighted by Crippen LogP contribution is -2.39. The van der Waals surface area contributed by atoms with Crippen LogP contribution in [-0.2, 0) is 10.0 Å². The number of sulfonamides is 1. The number of nitrogens with zero attached hydrogens (tertiary/aromatic N) is 3. The highest BCUT2D eigenvalue weighted by Gasteiger charge is 2.34. The summed E-state index contributed by atoms with van der Waals surface area (Å²) in [4.78, 5) is 0.164. The van der Waals surface area contributed by atoms with Gasteiger partial charge in [0.25, 0.3) is 0 Å². The van der Waals surface area contributed by atoms with Gasteiger partial charge < -0.3 is 13.9 Å². The summed E-state index contributed by atoms with van der Waals surface area (Å²) in [6, 6.07) is 12.4. The molecule has 0 saturated carbocycles. The molecule has 0 amide bonds. The Bertz CT molecular complexity index is 1180. The van der Waals surface area contributed by atoms with Crippen molar-refractivity contribution in [2.45, 2.75) is 30.6 Å². The third kappa shape index (κ3) is 4.15. The minimum atomic E-state index is -3.70. The predicted octanol–water partition coefficient (Wildman–Crippen LogP) is 3.63. The molecule has 2 aromatic carbocycles. The monoisotopic (exact) mass is 443 g/mol. The van der Waals surface area contributed by atoms with Crippen LogP contribution in [0, 0.1) is 6.92 Å². The average Bonchev–Trinajstić information content (AvgIpc) is 3.29. The van der Waals surface area contributed by atoms with Crippen LogP contribution in [-0.4, -0.2) is 50.2 Å². The molecule has 0 spiro atoms. The molecule has 1 fully saturated rings. The zero-order chi connectivity index (χ0) is 22.0. The second-order valence-corrected chi connectivity index (χ2v) is 9.42. The van der Waals surface area contributed by atoms with Gasteiger partial charge in [-0.05, 0) is 43.5 Å². The molecule has 1 aliphatic heterocycles. The highest BCUT2D eigenvalue weighted by atomic mass is 32.2. The van der Waals surface area contributed by atoms with E-state index in [0.717, 1.165) is 17.5 Å². The molecule has 0 unspecified atom stereocenters. The number of rotatable bonds is 6. The molecule has 4 rings (SSSR count). The fourth-order valence-corrected chi connectivity index (χ4v) is 5.35. The van der Waals surface area contributed by atoms with E-state index in [1.807, 2.05) is 31.2 Å². The lowest BCUT2D eigenvalue weighted by molar-refractivity contribution is 0.286. The summed E-state index contributed by atoms with van der Waals surface area (Å²) in [5.74, 6) is 1.61. The lowest BCUT2D eigenvalue weighted by atomic mass is 10.00. The Morgan fingerprint density at radius 2 is 1.84 bits per heavy atom. The minimum absolute atomic E-state index is 0.158. The summed E-state index contributed by atoms with van der Waals surface area (Å²) in [6.45, 7) is 2.70. The summed E-state index contributed by atoms with van der Waals surface area (Å²) in [5, 5.41) is 8.42. The van der Waals surface area contributed by atoms with Crippen LogP contribution >= 0.6 is 0 Å². The van der Waals surface area contributed by atoms with Crippen molar-refractivity contribution in [1.29, 1.82) is 0 Å². The number of methoxy groups -OCH3 is 2. The number of hydrogen-bond acceptors (Lipinski definition) is 7. The molecule has 164 valence electrons. The Balaban J connectivity index is 1.57. The molecule has 3 aromatic rings. The molecule has 0 radical (unpaired) electrons. The van der Waals surface area contributed by atoms with Crippen LogP contribution in [0.25, 0.3) is 11.5 Å². The van der Waals surface area contributed by atoms with Crippen molar-refractivity contribution in [1.82, 2.24) is 14.5 Å². The zero-order valence-electron chi connectivity index (χ0n) is 17.7. The van der Waals surface area contributed by atoms with Crippen LogP contribution in [0.1, 0.15) is 30.2 Å². The molecule has 1 saturated heterocycles. The molecule has 0 bridgehead atoms. The number of hydrogen-bond donors (Lipinski definition) is 0. The van der Waals surface area contributed by atoms with E-state index in [2.05, 4.69) is 10.2 Å². The maximum atomic E-state index is 13.3. The third-order valence-corrected chi connectivity index (χ3v) is 7.40. The highest BCUT2D eigenvalue weighted by molar-refractivity contribution is 7.89. The predicted molar refractivity (Wildman–Crippen MR) is 115 cm³/mol. The molecule has 1 aromatic heterocycles. The van der Waals surface area contributed by atoms with Crippen LogP contribution in [0.3, 0.4) is 0 Å². The van der Waals surface area contributed by atoms with E-state index < -0.39 is 10.0 Å². The highest BCUT2D eigenvalue weighted by Crippen LogP contribution is 2.34. The Labute approximate surface area is 181 Å². The van der Waals surface area contributed by atoms with Gasteiger partial charge in [-0.25, -0.2) is 8.42 Å². The van der Waals surface area contributed by atoms with Crippen molar-refractivity contribution < 1.29 is 22.3 Å². The normalized spacial score (nSPS) is 17.5. The van der Waals surface area contributed by atoms with Crippen LogP contribution in [0.15, 0.2) is 51.8 Å². The first-order valence-electron chi connectivity index (χ1n) is 10.1. The number of benzene rings is 2. The second-order valence-electron chi connectivity index (χ2n) is 7.48. The first-order valence-corrected chi connectivity index (χ1v) is 11.5. The molecule has 9 heteroatoms. The Morgan fingerprint density at radius 3 is 2.58 bits per heavy atom. The van der Waals surface area contributed by atoms with Crippen LogP contribution in [0.4, 0.5) is 0 Å². The molecule has 1 atom stereocenters. The van der Waals surface area contributed by atoms with E-state index in [0.29, 0.717) is 36.2 Å². The average molecular weight is 444 g/mol. The van der Waals surface area contributed by atoms with E-state index in [1.165, 1.54) is 30.7 Å². The van der Waals surface area contributed by atoms with Crippen LogP contribution in [0.5, 0.6) is 11.5 Å². The van der Waals surface area contributed by atoms with Gasteiger partial charge in [-0.15, -0.1) is 10.2 Å². The number of aromatic nitrogens is 2. The third-order valence-electron chi connectivity index (χ3n) is 5.54. The first kappa shape index (κ1) is 21.3. The topological polar surface area (TPSA) is 94.8 Å². The minimum Gasteiger partial charge on any atom is -0.493 e. The maximum absolute atomic E-state index is 13.3. The Morgan fingerprint density at radius 1 is 1.06 bits per heavy atom. The molecular formula is C22H25N3O5S. The fraction of sp³-hybridized carbons (Fsp3) is 0.364. The maximum Gasteiger partial charge on any atom is 0.248 e. The smallest absolute Gasteiger partial charge is 0.248 e. The van der Waals surface area contributed by atoms with Gasteiger partial charge in [0.05, 0.1) is 25.0 Å². The van der Waals surface area contributed by atoms with Crippen molar-refractivity contribution in [3.63, 3.8) is 0 Å². The van der Waals surface area contributed by atoms with Crippen molar-refractivity contribution in [2.75, 3.05) is 27.3 Å². The summed E-state index contributed by atoms with van der Waals surface area (Å²) in [5.41, 5.74) is 1.92. The van der Waals surface area contributed by atoms with Gasteiger partial charge in [0.1, 0.15) is 0 Å². The largest absolute Gasteiger partial charge is 0.493 e. The summed E-state index contributed by atoms with van der Waals surface area (Å²) >= 11 is 0. The van der Waals surface area contributed by atoms with E-state index in [9.17, 15) is 8.42 Å². The van der Waals surface area contributed by atoms with E-state index >= 15 is 0 Å².